The van der Waals surface area contributed by atoms with Crippen LogP contribution in [-0.4, -0.2) is 34.0 Å². The maximum Gasteiger partial charge on any atom is 0.573 e. The van der Waals surface area contributed by atoms with E-state index in [4.69, 9.17) is 4.74 Å². The molecule has 0 N–H and O–H groups in total. The molecule has 6 nitrogen and oxygen atoms in total. The number of ether oxygens (including phenoxy) is 2. The number of rotatable bonds is 11. The zero-order valence-corrected chi connectivity index (χ0v) is 20.2. The fraction of sp³-hybridized carbons (Fsp3) is 0.250. The number of ketones is 1. The number of nitrogens with zero attached hydrogens (tertiary/aromatic N) is 3. The van der Waals surface area contributed by atoms with Gasteiger partial charge in [0.05, 0.1) is 12.8 Å². The third-order valence-corrected chi connectivity index (χ3v) is 5.79. The number of carbonyl (C=O) groups excluding carboxylic acids is 1. The van der Waals surface area contributed by atoms with Crippen LogP contribution in [0.25, 0.3) is 17.1 Å². The molecule has 0 unspecified atom stereocenters. The lowest BCUT2D eigenvalue weighted by Gasteiger charge is -2.09. The molecule has 0 radical (unpaired) electrons. The fourth-order valence-electron chi connectivity index (χ4n) is 3.94. The lowest BCUT2D eigenvalue weighted by atomic mass is 10.0. The summed E-state index contributed by atoms with van der Waals surface area (Å²) in [5, 5.41) is 4.42. The third kappa shape index (κ3) is 7.42. The fourth-order valence-corrected chi connectivity index (χ4v) is 3.94. The van der Waals surface area contributed by atoms with Crippen molar-refractivity contribution in [3.63, 3.8) is 0 Å². The number of unbranched alkanes of at least 4 members (excludes halogenated alkanes) is 1. The molecule has 0 spiro atoms. The number of aryl methyl sites for hydroxylation is 1. The van der Waals surface area contributed by atoms with E-state index in [2.05, 4.69) is 14.8 Å². The lowest BCUT2D eigenvalue weighted by Crippen LogP contribution is -2.17. The summed E-state index contributed by atoms with van der Waals surface area (Å²) in [4.78, 5) is 16.7. The van der Waals surface area contributed by atoms with E-state index in [1.807, 2.05) is 48.5 Å². The molecule has 0 saturated carbocycles. The summed E-state index contributed by atoms with van der Waals surface area (Å²) in [7, 11) is 1.61. The molecule has 4 aromatic rings. The number of benzene rings is 3. The Kier molecular flexibility index (Phi) is 8.22. The van der Waals surface area contributed by atoms with Gasteiger partial charge in [-0.05, 0) is 55.2 Å². The second kappa shape index (κ2) is 11.7. The second-order valence-electron chi connectivity index (χ2n) is 8.49. The van der Waals surface area contributed by atoms with Crippen molar-refractivity contribution < 1.29 is 27.4 Å². The molecule has 0 amide bonds. The Balaban J connectivity index is 1.26. The van der Waals surface area contributed by atoms with Gasteiger partial charge >= 0.3 is 6.36 Å². The number of carbonyl (C=O) groups is 1. The Morgan fingerprint density at radius 1 is 0.946 bits per heavy atom. The molecule has 3 aromatic carbocycles. The van der Waals surface area contributed by atoms with Gasteiger partial charge in [-0.2, -0.15) is 0 Å². The molecular formula is C28H26F3N3O3. The van der Waals surface area contributed by atoms with E-state index >= 15 is 0 Å². The van der Waals surface area contributed by atoms with Crippen molar-refractivity contribution >= 4 is 5.78 Å². The molecular weight excluding hydrogens is 483 g/mol. The van der Waals surface area contributed by atoms with Gasteiger partial charge in [0.2, 0.25) is 0 Å². The normalized spacial score (nSPS) is 11.4. The lowest BCUT2D eigenvalue weighted by molar-refractivity contribution is -0.274. The number of Topliss-reactive ketones (excluding diaryl/α,β-unsaturated/α-hetero) is 1. The number of aromatic nitrogens is 3. The molecule has 0 aliphatic rings. The van der Waals surface area contributed by atoms with Crippen LogP contribution in [0.5, 0.6) is 11.5 Å². The van der Waals surface area contributed by atoms with Crippen molar-refractivity contribution in [3.8, 4) is 28.6 Å². The maximum absolute atomic E-state index is 12.3. The number of alkyl halides is 3. The minimum atomic E-state index is -4.73. The summed E-state index contributed by atoms with van der Waals surface area (Å²) in [5.41, 5.74) is 3.45. The third-order valence-electron chi connectivity index (χ3n) is 5.79. The van der Waals surface area contributed by atoms with Gasteiger partial charge in [-0.1, -0.05) is 42.5 Å². The van der Waals surface area contributed by atoms with Crippen molar-refractivity contribution in [1.29, 1.82) is 0 Å². The predicted molar refractivity (Wildman–Crippen MR) is 133 cm³/mol. The van der Waals surface area contributed by atoms with Crippen LogP contribution in [0.15, 0.2) is 79.1 Å². The molecule has 192 valence electrons. The van der Waals surface area contributed by atoms with Gasteiger partial charge in [0.15, 0.2) is 5.82 Å². The van der Waals surface area contributed by atoms with E-state index in [9.17, 15) is 18.0 Å². The number of methoxy groups -OCH3 is 1. The highest BCUT2D eigenvalue weighted by molar-refractivity contribution is 5.81. The first-order chi connectivity index (χ1) is 17.8. The Morgan fingerprint density at radius 3 is 2.38 bits per heavy atom. The molecule has 0 fully saturated rings. The molecule has 0 saturated heterocycles. The number of hydrogen-bond donors (Lipinski definition) is 0. The minimum Gasteiger partial charge on any atom is -0.496 e. The van der Waals surface area contributed by atoms with E-state index in [1.165, 1.54) is 35.3 Å². The Labute approximate surface area is 212 Å². The molecule has 1 aromatic heterocycles. The molecule has 37 heavy (non-hydrogen) atoms. The molecule has 0 atom stereocenters. The van der Waals surface area contributed by atoms with Crippen molar-refractivity contribution in [1.82, 2.24) is 14.8 Å². The number of hydrogen-bond acceptors (Lipinski definition) is 5. The molecule has 0 aliphatic heterocycles. The highest BCUT2D eigenvalue weighted by Gasteiger charge is 2.31. The Bertz CT molecular complexity index is 1320. The average Bonchev–Trinajstić information content (AvgIpc) is 3.37. The second-order valence-corrected chi connectivity index (χ2v) is 8.49. The minimum absolute atomic E-state index is 0.198. The smallest absolute Gasteiger partial charge is 0.496 e. The van der Waals surface area contributed by atoms with Gasteiger partial charge < -0.3 is 9.47 Å². The van der Waals surface area contributed by atoms with Crippen LogP contribution in [0.3, 0.4) is 0 Å². The van der Waals surface area contributed by atoms with Crippen LogP contribution in [0.4, 0.5) is 13.2 Å². The van der Waals surface area contributed by atoms with Gasteiger partial charge in [0.25, 0.3) is 0 Å². The van der Waals surface area contributed by atoms with Gasteiger partial charge in [-0.3, -0.25) is 4.79 Å². The van der Waals surface area contributed by atoms with Crippen LogP contribution in [0.1, 0.15) is 30.4 Å². The average molecular weight is 510 g/mol. The SMILES string of the molecule is COc1ccccc1CC(=O)CCCCc1ccc(-c2ncn(-c3ccc(OC(F)(F)F)cc3)n2)cc1. The van der Waals surface area contributed by atoms with Gasteiger partial charge in [-0.25, -0.2) is 9.67 Å². The van der Waals surface area contributed by atoms with Crippen molar-refractivity contribution in [2.75, 3.05) is 7.11 Å². The van der Waals surface area contributed by atoms with E-state index in [0.717, 1.165) is 41.7 Å². The van der Waals surface area contributed by atoms with Crippen molar-refractivity contribution in [2.24, 2.45) is 0 Å². The number of halogens is 3. The predicted octanol–water partition coefficient (Wildman–Crippen LogP) is 6.37. The number of para-hydroxylation sites is 1. The van der Waals surface area contributed by atoms with E-state index in [0.29, 0.717) is 24.4 Å². The largest absolute Gasteiger partial charge is 0.573 e. The summed E-state index contributed by atoms with van der Waals surface area (Å²) in [5.74, 6) is 1.14. The Hall–Kier alpha value is -4.14. The molecule has 9 heteroatoms. The van der Waals surface area contributed by atoms with Crippen LogP contribution < -0.4 is 9.47 Å². The summed E-state index contributed by atoms with van der Waals surface area (Å²) < 4.78 is 47.7. The van der Waals surface area contributed by atoms with Crippen LogP contribution in [0, 0.1) is 0 Å². The first-order valence-corrected chi connectivity index (χ1v) is 11.8. The van der Waals surface area contributed by atoms with E-state index in [1.54, 1.807) is 7.11 Å². The van der Waals surface area contributed by atoms with Crippen LogP contribution in [-0.2, 0) is 17.6 Å². The zero-order chi connectivity index (χ0) is 26.3. The molecule has 0 aliphatic carbocycles. The summed E-state index contributed by atoms with van der Waals surface area (Å²) in [6, 6.07) is 20.9. The van der Waals surface area contributed by atoms with E-state index in [-0.39, 0.29) is 11.5 Å². The van der Waals surface area contributed by atoms with E-state index < -0.39 is 6.36 Å². The topological polar surface area (TPSA) is 66.2 Å². The standard InChI is InChI=1S/C28H26F3N3O3/c1-36-26-9-5-3-7-22(26)18-24(35)8-4-2-6-20-10-12-21(13-11-20)27-32-19-34(33-27)23-14-16-25(17-15-23)37-28(29,30)31/h3,5,7,9-17,19H,2,4,6,8,18H2,1H3. The summed E-state index contributed by atoms with van der Waals surface area (Å²) in [6.07, 6.45) is 0.251. The highest BCUT2D eigenvalue weighted by Crippen LogP contribution is 2.24. The molecule has 1 heterocycles. The Morgan fingerprint density at radius 2 is 1.68 bits per heavy atom. The van der Waals surface area contributed by atoms with Crippen LogP contribution in [0.2, 0.25) is 0 Å². The van der Waals surface area contributed by atoms with Gasteiger partial charge in [0.1, 0.15) is 23.6 Å². The molecule has 4 rings (SSSR count). The highest BCUT2D eigenvalue weighted by atomic mass is 19.4. The first kappa shape index (κ1) is 25.9. The summed E-state index contributed by atoms with van der Waals surface area (Å²) in [6.45, 7) is 0. The van der Waals surface area contributed by atoms with Crippen LogP contribution >= 0.6 is 0 Å². The van der Waals surface area contributed by atoms with Gasteiger partial charge in [0, 0.05) is 24.0 Å². The van der Waals surface area contributed by atoms with Crippen molar-refractivity contribution in [3.05, 3.63) is 90.3 Å². The zero-order valence-electron chi connectivity index (χ0n) is 20.2. The quantitative estimate of drug-likeness (QED) is 0.220. The summed E-state index contributed by atoms with van der Waals surface area (Å²) >= 11 is 0. The van der Waals surface area contributed by atoms with Crippen molar-refractivity contribution in [2.45, 2.75) is 38.5 Å². The maximum atomic E-state index is 12.3. The first-order valence-electron chi connectivity index (χ1n) is 11.8. The van der Waals surface area contributed by atoms with Gasteiger partial charge in [-0.15, -0.1) is 18.3 Å². The molecule has 0 bridgehead atoms. The monoisotopic (exact) mass is 509 g/mol.